The lowest BCUT2D eigenvalue weighted by Gasteiger charge is -2.21. The van der Waals surface area contributed by atoms with Gasteiger partial charge in [-0.25, -0.2) is 0 Å². The molecule has 112 valence electrons. The number of ether oxygens (including phenoxy) is 1. The molecular formula is C18H22BrNO. The van der Waals surface area contributed by atoms with E-state index < -0.39 is 0 Å². The number of rotatable bonds is 6. The van der Waals surface area contributed by atoms with E-state index in [1.165, 1.54) is 16.7 Å². The molecule has 0 heterocycles. The minimum atomic E-state index is 0.265. The first-order valence-electron chi connectivity index (χ1n) is 7.27. The quantitative estimate of drug-likeness (QED) is 0.820. The van der Waals surface area contributed by atoms with Gasteiger partial charge in [-0.2, -0.15) is 0 Å². The van der Waals surface area contributed by atoms with E-state index >= 15 is 0 Å². The third kappa shape index (κ3) is 4.08. The molecule has 0 amide bonds. The van der Waals surface area contributed by atoms with E-state index in [1.54, 1.807) is 7.11 Å². The fourth-order valence-electron chi connectivity index (χ4n) is 2.58. The molecule has 0 radical (unpaired) electrons. The van der Waals surface area contributed by atoms with Crippen molar-refractivity contribution in [2.45, 2.75) is 26.3 Å². The van der Waals surface area contributed by atoms with Gasteiger partial charge in [-0.15, -0.1) is 0 Å². The summed E-state index contributed by atoms with van der Waals surface area (Å²) in [5.41, 5.74) is 3.77. The summed E-state index contributed by atoms with van der Waals surface area (Å²) < 4.78 is 6.65. The van der Waals surface area contributed by atoms with Gasteiger partial charge in [-0.1, -0.05) is 58.7 Å². The van der Waals surface area contributed by atoms with E-state index in [2.05, 4.69) is 65.4 Å². The molecule has 0 bridgehead atoms. The van der Waals surface area contributed by atoms with Crippen molar-refractivity contribution in [3.05, 3.63) is 63.6 Å². The Labute approximate surface area is 135 Å². The maximum absolute atomic E-state index is 5.51. The average Bonchev–Trinajstić information content (AvgIpc) is 2.48. The van der Waals surface area contributed by atoms with Crippen molar-refractivity contribution in [3.63, 3.8) is 0 Å². The van der Waals surface area contributed by atoms with Crippen LogP contribution < -0.4 is 10.1 Å². The molecule has 0 saturated carbocycles. The molecule has 2 aromatic carbocycles. The zero-order valence-electron chi connectivity index (χ0n) is 12.8. The van der Waals surface area contributed by atoms with Crippen molar-refractivity contribution in [1.82, 2.24) is 5.32 Å². The number of halogens is 1. The monoisotopic (exact) mass is 347 g/mol. The molecule has 0 spiro atoms. The number of aryl methyl sites for hydroxylation is 1. The van der Waals surface area contributed by atoms with Gasteiger partial charge in [-0.05, 0) is 43.1 Å². The van der Waals surface area contributed by atoms with Gasteiger partial charge in [0.1, 0.15) is 5.75 Å². The van der Waals surface area contributed by atoms with Gasteiger partial charge in [0.2, 0.25) is 0 Å². The number of hydrogen-bond donors (Lipinski definition) is 1. The van der Waals surface area contributed by atoms with Crippen LogP contribution in [0.25, 0.3) is 0 Å². The Morgan fingerprint density at radius 2 is 1.95 bits per heavy atom. The van der Waals surface area contributed by atoms with Crippen LogP contribution in [-0.4, -0.2) is 13.7 Å². The predicted molar refractivity (Wildman–Crippen MR) is 92.0 cm³/mol. The third-order valence-corrected chi connectivity index (χ3v) is 4.31. The molecular weight excluding hydrogens is 326 g/mol. The van der Waals surface area contributed by atoms with E-state index in [9.17, 15) is 0 Å². The molecule has 1 atom stereocenters. The average molecular weight is 348 g/mol. The predicted octanol–water partition coefficient (Wildman–Crippen LogP) is 4.66. The summed E-state index contributed by atoms with van der Waals surface area (Å²) >= 11 is 3.66. The van der Waals surface area contributed by atoms with Crippen LogP contribution in [0.3, 0.4) is 0 Å². The number of methoxy groups -OCH3 is 1. The van der Waals surface area contributed by atoms with Crippen molar-refractivity contribution >= 4 is 15.9 Å². The molecule has 0 saturated heterocycles. The molecule has 3 heteroatoms. The van der Waals surface area contributed by atoms with Crippen molar-refractivity contribution in [2.75, 3.05) is 13.7 Å². The molecule has 0 aliphatic rings. The zero-order valence-corrected chi connectivity index (χ0v) is 14.4. The van der Waals surface area contributed by atoms with Gasteiger partial charge in [0.15, 0.2) is 0 Å². The van der Waals surface area contributed by atoms with Crippen LogP contribution >= 0.6 is 15.9 Å². The fourth-order valence-corrected chi connectivity index (χ4v) is 3.14. The van der Waals surface area contributed by atoms with Gasteiger partial charge < -0.3 is 10.1 Å². The van der Waals surface area contributed by atoms with Crippen molar-refractivity contribution < 1.29 is 4.74 Å². The van der Waals surface area contributed by atoms with E-state index in [1.807, 2.05) is 12.1 Å². The van der Waals surface area contributed by atoms with Crippen LogP contribution in [0.15, 0.2) is 46.9 Å². The Kier molecular flexibility index (Phi) is 5.83. The van der Waals surface area contributed by atoms with Crippen molar-refractivity contribution in [1.29, 1.82) is 0 Å². The summed E-state index contributed by atoms with van der Waals surface area (Å²) in [5.74, 6) is 0.954. The molecule has 2 nitrogen and oxygen atoms in total. The molecule has 0 aliphatic heterocycles. The molecule has 2 aromatic rings. The smallest absolute Gasteiger partial charge is 0.122 e. The van der Waals surface area contributed by atoms with E-state index in [-0.39, 0.29) is 6.04 Å². The van der Waals surface area contributed by atoms with Crippen LogP contribution in [-0.2, 0) is 6.42 Å². The van der Waals surface area contributed by atoms with Gasteiger partial charge in [0.05, 0.1) is 7.11 Å². The summed E-state index contributed by atoms with van der Waals surface area (Å²) in [6, 6.07) is 15.0. The fraction of sp³-hybridized carbons (Fsp3) is 0.333. The van der Waals surface area contributed by atoms with Gasteiger partial charge >= 0.3 is 0 Å². The second-order valence-electron chi connectivity index (χ2n) is 5.15. The van der Waals surface area contributed by atoms with Crippen LogP contribution in [0.5, 0.6) is 5.75 Å². The van der Waals surface area contributed by atoms with Gasteiger partial charge in [-0.3, -0.25) is 0 Å². The zero-order chi connectivity index (χ0) is 15.2. The highest BCUT2D eigenvalue weighted by Crippen LogP contribution is 2.29. The lowest BCUT2D eigenvalue weighted by Crippen LogP contribution is -2.23. The molecule has 0 aliphatic carbocycles. The summed E-state index contributed by atoms with van der Waals surface area (Å²) in [5, 5.41) is 3.57. The molecule has 0 fully saturated rings. The molecule has 1 N–H and O–H groups in total. The highest BCUT2D eigenvalue weighted by molar-refractivity contribution is 9.10. The standard InChI is InChI=1S/C18H22BrNO/c1-4-20-17(15-7-5-6-8-16(15)19)12-14-11-13(2)9-10-18(14)21-3/h5-11,17,20H,4,12H2,1-3H3. The highest BCUT2D eigenvalue weighted by atomic mass is 79.9. The summed E-state index contributed by atoms with van der Waals surface area (Å²) in [7, 11) is 1.73. The second-order valence-corrected chi connectivity index (χ2v) is 6.01. The van der Waals surface area contributed by atoms with E-state index in [0.29, 0.717) is 0 Å². The SMILES string of the molecule is CCNC(Cc1cc(C)ccc1OC)c1ccccc1Br. The van der Waals surface area contributed by atoms with E-state index in [4.69, 9.17) is 4.74 Å². The van der Waals surface area contributed by atoms with Crippen LogP contribution in [0.1, 0.15) is 29.7 Å². The normalized spacial score (nSPS) is 12.2. The maximum Gasteiger partial charge on any atom is 0.122 e. The maximum atomic E-state index is 5.51. The largest absolute Gasteiger partial charge is 0.496 e. The van der Waals surface area contributed by atoms with Gasteiger partial charge in [0, 0.05) is 10.5 Å². The van der Waals surface area contributed by atoms with Crippen molar-refractivity contribution in [2.24, 2.45) is 0 Å². The first kappa shape index (κ1) is 16.1. The molecule has 21 heavy (non-hydrogen) atoms. The van der Waals surface area contributed by atoms with Crippen LogP contribution in [0.2, 0.25) is 0 Å². The minimum absolute atomic E-state index is 0.265. The lowest BCUT2D eigenvalue weighted by atomic mass is 9.97. The Bertz CT molecular complexity index is 598. The lowest BCUT2D eigenvalue weighted by molar-refractivity contribution is 0.405. The van der Waals surface area contributed by atoms with Crippen LogP contribution in [0, 0.1) is 6.92 Å². The number of benzene rings is 2. The Morgan fingerprint density at radius 3 is 2.62 bits per heavy atom. The van der Waals surface area contributed by atoms with Gasteiger partial charge in [0.25, 0.3) is 0 Å². The summed E-state index contributed by atoms with van der Waals surface area (Å²) in [4.78, 5) is 0. The molecule has 1 unspecified atom stereocenters. The number of likely N-dealkylation sites (N-methyl/N-ethyl adjacent to an activating group) is 1. The third-order valence-electron chi connectivity index (χ3n) is 3.59. The Balaban J connectivity index is 2.33. The number of nitrogens with one attached hydrogen (secondary N) is 1. The Hall–Kier alpha value is -1.32. The second kappa shape index (κ2) is 7.62. The highest BCUT2D eigenvalue weighted by Gasteiger charge is 2.16. The molecule has 0 aromatic heterocycles. The Morgan fingerprint density at radius 1 is 1.19 bits per heavy atom. The number of hydrogen-bond acceptors (Lipinski definition) is 2. The van der Waals surface area contributed by atoms with Crippen LogP contribution in [0.4, 0.5) is 0 Å². The first-order chi connectivity index (χ1) is 10.2. The molecule has 2 rings (SSSR count). The summed E-state index contributed by atoms with van der Waals surface area (Å²) in [6.45, 7) is 5.18. The van der Waals surface area contributed by atoms with Crippen molar-refractivity contribution in [3.8, 4) is 5.75 Å². The van der Waals surface area contributed by atoms with E-state index in [0.717, 1.165) is 23.2 Å². The minimum Gasteiger partial charge on any atom is -0.496 e. The first-order valence-corrected chi connectivity index (χ1v) is 8.06. The topological polar surface area (TPSA) is 21.3 Å². The summed E-state index contributed by atoms with van der Waals surface area (Å²) in [6.07, 6.45) is 0.904.